The van der Waals surface area contributed by atoms with Crippen molar-refractivity contribution in [2.24, 2.45) is 23.3 Å². The third-order valence-corrected chi connectivity index (χ3v) is 3.23. The molecule has 1 fully saturated rings. The van der Waals surface area contributed by atoms with Crippen molar-refractivity contribution in [2.45, 2.75) is 38.6 Å². The molecule has 1 unspecified atom stereocenters. The normalized spacial score (nSPS) is 25.6. The van der Waals surface area contributed by atoms with Crippen LogP contribution in [0.15, 0.2) is 0 Å². The van der Waals surface area contributed by atoms with E-state index >= 15 is 0 Å². The van der Waals surface area contributed by atoms with Crippen LogP contribution in [0.2, 0.25) is 0 Å². The Morgan fingerprint density at radius 3 is 2.50 bits per heavy atom. The predicted octanol–water partition coefficient (Wildman–Crippen LogP) is -0.258. The minimum atomic E-state index is -0.806. The molecule has 0 spiro atoms. The third kappa shape index (κ3) is 3.81. The van der Waals surface area contributed by atoms with E-state index in [0.29, 0.717) is 12.5 Å². The fourth-order valence-electron chi connectivity index (χ4n) is 2.06. The van der Waals surface area contributed by atoms with Gasteiger partial charge in [-0.1, -0.05) is 13.3 Å². The topological polar surface area (TPSA) is 98.2 Å². The van der Waals surface area contributed by atoms with E-state index in [1.165, 1.54) is 19.3 Å². The molecule has 0 bridgehead atoms. The maximum atomic E-state index is 11.4. The maximum absolute atomic E-state index is 11.4. The molecule has 0 aromatic carbocycles. The number of nitrogens with one attached hydrogen (secondary N) is 1. The van der Waals surface area contributed by atoms with Crippen molar-refractivity contribution in [3.05, 3.63) is 0 Å². The van der Waals surface area contributed by atoms with Gasteiger partial charge >= 0.3 is 0 Å². The Labute approximate surface area is 95.9 Å². The Balaban J connectivity index is 2.13. The van der Waals surface area contributed by atoms with Gasteiger partial charge in [-0.05, 0) is 24.7 Å². The van der Waals surface area contributed by atoms with Crippen molar-refractivity contribution in [1.82, 2.24) is 5.32 Å². The molecule has 1 aliphatic rings. The van der Waals surface area contributed by atoms with E-state index < -0.39 is 11.9 Å². The Hall–Kier alpha value is -1.10. The van der Waals surface area contributed by atoms with E-state index in [9.17, 15) is 9.59 Å². The summed E-state index contributed by atoms with van der Waals surface area (Å²) < 4.78 is 0. The smallest absolute Gasteiger partial charge is 0.237 e. The molecular formula is C11H21N3O2. The second-order valence-corrected chi connectivity index (χ2v) is 4.63. The van der Waals surface area contributed by atoms with Crippen LogP contribution in [-0.4, -0.2) is 24.4 Å². The summed E-state index contributed by atoms with van der Waals surface area (Å²) in [6, 6.07) is -0.806. The average Bonchev–Trinajstić information content (AvgIpc) is 2.14. The van der Waals surface area contributed by atoms with Crippen LogP contribution in [0.3, 0.4) is 0 Å². The molecule has 0 aliphatic heterocycles. The number of nitrogens with two attached hydrogens (primary N) is 2. The fourth-order valence-corrected chi connectivity index (χ4v) is 2.06. The highest BCUT2D eigenvalue weighted by molar-refractivity contribution is 5.87. The van der Waals surface area contributed by atoms with Crippen molar-refractivity contribution in [1.29, 1.82) is 0 Å². The Morgan fingerprint density at radius 2 is 2.00 bits per heavy atom. The molecule has 5 heteroatoms. The number of carbonyl (C=O) groups excluding carboxylic acids is 2. The summed E-state index contributed by atoms with van der Waals surface area (Å²) in [5.74, 6) is 0.576. The lowest BCUT2D eigenvalue weighted by Gasteiger charge is -2.34. The Bertz CT molecular complexity index is 262. The predicted molar refractivity (Wildman–Crippen MR) is 61.3 cm³/mol. The molecule has 16 heavy (non-hydrogen) atoms. The molecule has 0 radical (unpaired) electrons. The van der Waals surface area contributed by atoms with E-state index in [0.717, 1.165) is 5.92 Å². The number of hydrogen-bond acceptors (Lipinski definition) is 3. The summed E-state index contributed by atoms with van der Waals surface area (Å²) in [4.78, 5) is 22.0. The minimum absolute atomic E-state index is 0.0892. The zero-order valence-corrected chi connectivity index (χ0v) is 9.74. The maximum Gasteiger partial charge on any atom is 0.237 e. The van der Waals surface area contributed by atoms with Gasteiger partial charge in [-0.3, -0.25) is 9.59 Å². The van der Waals surface area contributed by atoms with Crippen LogP contribution < -0.4 is 16.8 Å². The highest BCUT2D eigenvalue weighted by Gasteiger charge is 2.28. The molecule has 1 rings (SSSR count). The molecule has 0 saturated heterocycles. The Morgan fingerprint density at radius 1 is 1.38 bits per heavy atom. The van der Waals surface area contributed by atoms with Crippen LogP contribution in [-0.2, 0) is 9.59 Å². The summed E-state index contributed by atoms with van der Waals surface area (Å²) >= 11 is 0. The molecule has 1 saturated carbocycles. The second-order valence-electron chi connectivity index (χ2n) is 4.63. The van der Waals surface area contributed by atoms with Gasteiger partial charge in [0.15, 0.2) is 0 Å². The summed E-state index contributed by atoms with van der Waals surface area (Å²) in [6.45, 7) is 2.85. The van der Waals surface area contributed by atoms with Crippen molar-refractivity contribution in [2.75, 3.05) is 6.54 Å². The van der Waals surface area contributed by atoms with Crippen molar-refractivity contribution in [3.8, 4) is 0 Å². The van der Waals surface area contributed by atoms with E-state index in [4.69, 9.17) is 11.5 Å². The highest BCUT2D eigenvalue weighted by atomic mass is 16.2. The average molecular weight is 227 g/mol. The number of amides is 2. The van der Waals surface area contributed by atoms with Gasteiger partial charge in [-0.15, -0.1) is 0 Å². The quantitative estimate of drug-likeness (QED) is 0.583. The first-order chi connectivity index (χ1) is 7.52. The summed E-state index contributed by atoms with van der Waals surface area (Å²) in [5.41, 5.74) is 10.5. The first-order valence-corrected chi connectivity index (χ1v) is 5.84. The number of hydrogen-bond donors (Lipinski definition) is 3. The standard InChI is InChI=1S/C11H21N3O2/c1-2-7-3-8(4-7)6-14-11(16)9(12)5-10(13)15/h7-9H,2-6,12H2,1H3,(H2,13,15)(H,14,16). The molecule has 0 aromatic rings. The summed E-state index contributed by atoms with van der Waals surface area (Å²) in [7, 11) is 0. The lowest BCUT2D eigenvalue weighted by atomic mass is 9.73. The fraction of sp³-hybridized carbons (Fsp3) is 0.818. The molecule has 5 nitrogen and oxygen atoms in total. The molecule has 1 aliphatic carbocycles. The molecule has 0 heterocycles. The Kier molecular flexibility index (Phi) is 4.73. The van der Waals surface area contributed by atoms with Crippen LogP contribution in [0.1, 0.15) is 32.6 Å². The van der Waals surface area contributed by atoms with E-state index in [1.807, 2.05) is 0 Å². The van der Waals surface area contributed by atoms with Gasteiger partial charge in [-0.25, -0.2) is 0 Å². The van der Waals surface area contributed by atoms with Crippen LogP contribution >= 0.6 is 0 Å². The highest BCUT2D eigenvalue weighted by Crippen LogP contribution is 2.35. The van der Waals surface area contributed by atoms with Gasteiger partial charge < -0.3 is 16.8 Å². The van der Waals surface area contributed by atoms with Gasteiger partial charge in [0.25, 0.3) is 0 Å². The van der Waals surface area contributed by atoms with Gasteiger partial charge in [-0.2, -0.15) is 0 Å². The van der Waals surface area contributed by atoms with Crippen LogP contribution in [0.5, 0.6) is 0 Å². The lowest BCUT2D eigenvalue weighted by Crippen LogP contribution is -2.45. The first-order valence-electron chi connectivity index (χ1n) is 5.84. The molecule has 2 amide bonds. The zero-order valence-electron chi connectivity index (χ0n) is 9.74. The molecule has 1 atom stereocenters. The first kappa shape index (κ1) is 13.0. The lowest BCUT2D eigenvalue weighted by molar-refractivity contribution is -0.126. The van der Waals surface area contributed by atoms with E-state index in [1.54, 1.807) is 0 Å². The van der Waals surface area contributed by atoms with Gasteiger partial charge in [0.1, 0.15) is 0 Å². The molecular weight excluding hydrogens is 206 g/mol. The summed E-state index contributed by atoms with van der Waals surface area (Å²) in [6.07, 6.45) is 3.49. The monoisotopic (exact) mass is 227 g/mol. The van der Waals surface area contributed by atoms with Crippen LogP contribution in [0, 0.1) is 11.8 Å². The van der Waals surface area contributed by atoms with E-state index in [2.05, 4.69) is 12.2 Å². The number of primary amides is 1. The third-order valence-electron chi connectivity index (χ3n) is 3.23. The second kappa shape index (κ2) is 5.84. The van der Waals surface area contributed by atoms with Gasteiger partial charge in [0.2, 0.25) is 11.8 Å². The van der Waals surface area contributed by atoms with Crippen molar-refractivity contribution >= 4 is 11.8 Å². The van der Waals surface area contributed by atoms with Crippen LogP contribution in [0.4, 0.5) is 0 Å². The number of carbonyl (C=O) groups is 2. The largest absolute Gasteiger partial charge is 0.370 e. The van der Waals surface area contributed by atoms with Crippen LogP contribution in [0.25, 0.3) is 0 Å². The van der Waals surface area contributed by atoms with Gasteiger partial charge in [0.05, 0.1) is 12.5 Å². The zero-order chi connectivity index (χ0) is 12.1. The summed E-state index contributed by atoms with van der Waals surface area (Å²) in [5, 5.41) is 2.76. The molecule has 0 aromatic heterocycles. The SMILES string of the molecule is CCC1CC(CNC(=O)C(N)CC(N)=O)C1. The number of rotatable bonds is 6. The van der Waals surface area contributed by atoms with Crippen molar-refractivity contribution < 1.29 is 9.59 Å². The van der Waals surface area contributed by atoms with Crippen molar-refractivity contribution in [3.63, 3.8) is 0 Å². The molecule has 5 N–H and O–H groups in total. The van der Waals surface area contributed by atoms with Gasteiger partial charge in [0, 0.05) is 6.54 Å². The molecule has 92 valence electrons. The minimum Gasteiger partial charge on any atom is -0.370 e. The van der Waals surface area contributed by atoms with E-state index in [-0.39, 0.29) is 12.3 Å².